The lowest BCUT2D eigenvalue weighted by Gasteiger charge is -2.17. The Morgan fingerprint density at radius 3 is 2.69 bits per heavy atom. The van der Waals surface area contributed by atoms with E-state index in [9.17, 15) is 18.4 Å². The zero-order chi connectivity index (χ0) is 19.2. The molecular formula is C16H14BrClF2N4O2. The Morgan fingerprint density at radius 1 is 1.38 bits per heavy atom. The monoisotopic (exact) mass is 446 g/mol. The molecule has 1 aliphatic heterocycles. The minimum Gasteiger partial charge on any atom is -0.344 e. The van der Waals surface area contributed by atoms with Crippen LogP contribution >= 0.6 is 27.5 Å². The van der Waals surface area contributed by atoms with Crippen LogP contribution in [0.3, 0.4) is 0 Å². The Bertz CT molecular complexity index is 905. The Kier molecular flexibility index (Phi) is 5.03. The first-order chi connectivity index (χ1) is 12.2. The van der Waals surface area contributed by atoms with Crippen molar-refractivity contribution in [3.63, 3.8) is 0 Å². The molecule has 26 heavy (non-hydrogen) atoms. The molecule has 0 unspecified atom stereocenters. The maximum absolute atomic E-state index is 13.8. The third-order valence-electron chi connectivity index (χ3n) is 4.34. The number of amides is 2. The van der Waals surface area contributed by atoms with Gasteiger partial charge in [-0.15, -0.1) is 0 Å². The normalized spacial score (nSPS) is 19.9. The zero-order valence-electron chi connectivity index (χ0n) is 13.8. The number of hydrogen-bond acceptors (Lipinski definition) is 3. The number of likely N-dealkylation sites (tertiary alicyclic amines) is 1. The standard InChI is InChI=1S/C16H14BrClF2N4O2/c1-23-6-7(10-13(17)22-24(2)14(10)18)11(16(23)26)15(25)21-9-5-3-4-8(19)12(9)20/h3-5,7,11H,6H2,1-2H3,(H,21,25)/t7-,11+/m1/s1. The number of aryl methyl sites for hydroxylation is 1. The van der Waals surface area contributed by atoms with Crippen molar-refractivity contribution in [2.24, 2.45) is 13.0 Å². The summed E-state index contributed by atoms with van der Waals surface area (Å²) in [6.45, 7) is 0.243. The molecule has 2 aromatic rings. The molecule has 2 amide bonds. The number of benzene rings is 1. The summed E-state index contributed by atoms with van der Waals surface area (Å²) in [7, 11) is 3.19. The maximum atomic E-state index is 13.8. The minimum absolute atomic E-state index is 0.243. The van der Waals surface area contributed by atoms with Gasteiger partial charge < -0.3 is 10.2 Å². The van der Waals surface area contributed by atoms with E-state index in [1.807, 2.05) is 0 Å². The van der Waals surface area contributed by atoms with Gasteiger partial charge >= 0.3 is 0 Å². The number of nitrogens with one attached hydrogen (secondary N) is 1. The quantitative estimate of drug-likeness (QED) is 0.736. The van der Waals surface area contributed by atoms with Crippen LogP contribution in [0.5, 0.6) is 0 Å². The van der Waals surface area contributed by atoms with Crippen molar-refractivity contribution in [3.05, 3.63) is 45.2 Å². The lowest BCUT2D eigenvalue weighted by Crippen LogP contribution is -2.33. The largest absolute Gasteiger partial charge is 0.344 e. The fourth-order valence-corrected chi connectivity index (χ4v) is 4.16. The summed E-state index contributed by atoms with van der Waals surface area (Å²) in [5.41, 5.74) is 0.194. The third-order valence-corrected chi connectivity index (χ3v) is 5.38. The SMILES string of the molecule is CN1C[C@H](c2c(Br)nn(C)c2Cl)[C@@H](C(=O)Nc2cccc(F)c2F)C1=O. The number of aromatic nitrogens is 2. The zero-order valence-corrected chi connectivity index (χ0v) is 16.1. The number of nitrogens with zero attached hydrogens (tertiary/aromatic N) is 3. The van der Waals surface area contributed by atoms with Crippen LogP contribution in [0, 0.1) is 17.6 Å². The Hall–Kier alpha value is -2.00. The summed E-state index contributed by atoms with van der Waals surface area (Å²) in [4.78, 5) is 26.6. The molecule has 1 aliphatic rings. The Balaban J connectivity index is 1.96. The second-order valence-electron chi connectivity index (χ2n) is 6.01. The van der Waals surface area contributed by atoms with Crippen molar-refractivity contribution in [2.45, 2.75) is 5.92 Å². The van der Waals surface area contributed by atoms with E-state index in [0.29, 0.717) is 15.3 Å². The molecule has 6 nitrogen and oxygen atoms in total. The summed E-state index contributed by atoms with van der Waals surface area (Å²) >= 11 is 9.56. The Labute approximate surface area is 161 Å². The van der Waals surface area contributed by atoms with Crippen molar-refractivity contribution in [2.75, 3.05) is 18.9 Å². The number of carbonyl (C=O) groups is 2. The first-order valence-corrected chi connectivity index (χ1v) is 8.77. The van der Waals surface area contributed by atoms with Gasteiger partial charge in [0.25, 0.3) is 0 Å². The molecular weight excluding hydrogens is 434 g/mol. The first-order valence-electron chi connectivity index (χ1n) is 7.60. The highest BCUT2D eigenvalue weighted by Crippen LogP contribution is 2.40. The van der Waals surface area contributed by atoms with E-state index in [2.05, 4.69) is 26.3 Å². The number of anilines is 1. The van der Waals surface area contributed by atoms with E-state index in [0.717, 1.165) is 6.07 Å². The number of rotatable bonds is 3. The van der Waals surface area contributed by atoms with Crippen LogP contribution in [0.25, 0.3) is 0 Å². The van der Waals surface area contributed by atoms with Crippen molar-refractivity contribution < 1.29 is 18.4 Å². The highest BCUT2D eigenvalue weighted by atomic mass is 79.9. The highest BCUT2D eigenvalue weighted by Gasteiger charge is 2.46. The van der Waals surface area contributed by atoms with E-state index < -0.39 is 35.3 Å². The van der Waals surface area contributed by atoms with Gasteiger partial charge in [0.05, 0.1) is 5.69 Å². The van der Waals surface area contributed by atoms with E-state index in [4.69, 9.17) is 11.6 Å². The maximum Gasteiger partial charge on any atom is 0.237 e. The van der Waals surface area contributed by atoms with Gasteiger partial charge in [0, 0.05) is 32.1 Å². The van der Waals surface area contributed by atoms with Gasteiger partial charge in [-0.05, 0) is 28.1 Å². The molecule has 0 saturated carbocycles. The molecule has 2 heterocycles. The molecule has 0 spiro atoms. The van der Waals surface area contributed by atoms with Crippen LogP contribution in [0.4, 0.5) is 14.5 Å². The number of likely N-dealkylation sites (N-methyl/N-ethyl adjacent to an activating group) is 1. The molecule has 0 radical (unpaired) electrons. The Morgan fingerprint density at radius 2 is 2.08 bits per heavy atom. The van der Waals surface area contributed by atoms with Gasteiger partial charge in [-0.1, -0.05) is 17.7 Å². The van der Waals surface area contributed by atoms with Crippen LogP contribution in [0.1, 0.15) is 11.5 Å². The van der Waals surface area contributed by atoms with Gasteiger partial charge in [0.15, 0.2) is 11.6 Å². The van der Waals surface area contributed by atoms with E-state index >= 15 is 0 Å². The predicted octanol–water partition coefficient (Wildman–Crippen LogP) is 2.92. The van der Waals surface area contributed by atoms with Crippen LogP contribution in [-0.2, 0) is 16.6 Å². The first kappa shape index (κ1) is 18.8. The molecule has 2 atom stereocenters. The van der Waals surface area contributed by atoms with Crippen LogP contribution in [-0.4, -0.2) is 40.1 Å². The van der Waals surface area contributed by atoms with Crippen molar-refractivity contribution in [3.8, 4) is 0 Å². The minimum atomic E-state index is -1.18. The molecule has 10 heteroatoms. The summed E-state index contributed by atoms with van der Waals surface area (Å²) < 4.78 is 29.1. The second-order valence-corrected chi connectivity index (χ2v) is 7.12. The van der Waals surface area contributed by atoms with E-state index in [1.54, 1.807) is 14.1 Å². The second kappa shape index (κ2) is 6.96. The fraction of sp³-hybridized carbons (Fsp3) is 0.312. The highest BCUT2D eigenvalue weighted by molar-refractivity contribution is 9.10. The number of carbonyl (C=O) groups excluding carboxylic acids is 2. The third kappa shape index (κ3) is 3.09. The molecule has 1 N–H and O–H groups in total. The van der Waals surface area contributed by atoms with Crippen molar-refractivity contribution in [1.82, 2.24) is 14.7 Å². The van der Waals surface area contributed by atoms with Gasteiger partial charge in [0.2, 0.25) is 11.8 Å². The molecule has 1 aromatic carbocycles. The average molecular weight is 448 g/mol. The van der Waals surface area contributed by atoms with Gasteiger partial charge in [-0.25, -0.2) is 8.78 Å². The summed E-state index contributed by atoms with van der Waals surface area (Å²) in [6.07, 6.45) is 0. The van der Waals surface area contributed by atoms with Crippen LogP contribution in [0.15, 0.2) is 22.8 Å². The fourth-order valence-electron chi connectivity index (χ4n) is 3.06. The molecule has 0 bridgehead atoms. The lowest BCUT2D eigenvalue weighted by atomic mass is 9.89. The molecule has 1 aromatic heterocycles. The molecule has 3 rings (SSSR count). The van der Waals surface area contributed by atoms with Crippen LogP contribution < -0.4 is 5.32 Å². The van der Waals surface area contributed by atoms with Gasteiger partial charge in [-0.3, -0.25) is 14.3 Å². The van der Waals surface area contributed by atoms with Crippen molar-refractivity contribution in [1.29, 1.82) is 0 Å². The average Bonchev–Trinajstić information content (AvgIpc) is 3.00. The topological polar surface area (TPSA) is 67.2 Å². The number of hydrogen-bond donors (Lipinski definition) is 1. The van der Waals surface area contributed by atoms with Gasteiger partial charge in [0.1, 0.15) is 15.7 Å². The smallest absolute Gasteiger partial charge is 0.237 e. The predicted molar refractivity (Wildman–Crippen MR) is 94.8 cm³/mol. The molecule has 0 aliphatic carbocycles. The lowest BCUT2D eigenvalue weighted by molar-refractivity contribution is -0.135. The molecule has 1 fully saturated rings. The summed E-state index contributed by atoms with van der Waals surface area (Å²) in [6, 6.07) is 3.43. The molecule has 138 valence electrons. The van der Waals surface area contributed by atoms with E-state index in [1.165, 1.54) is 21.7 Å². The van der Waals surface area contributed by atoms with E-state index in [-0.39, 0.29) is 12.2 Å². The number of halogens is 4. The summed E-state index contributed by atoms with van der Waals surface area (Å²) in [5, 5.41) is 6.73. The van der Waals surface area contributed by atoms with Crippen LogP contribution in [0.2, 0.25) is 5.15 Å². The molecule has 1 saturated heterocycles. The van der Waals surface area contributed by atoms with Gasteiger partial charge in [-0.2, -0.15) is 5.10 Å². The van der Waals surface area contributed by atoms with Crippen molar-refractivity contribution >= 4 is 45.0 Å². The summed E-state index contributed by atoms with van der Waals surface area (Å²) in [5.74, 6) is -5.17.